The molecule has 0 aliphatic heterocycles. The van der Waals surface area contributed by atoms with Crippen molar-refractivity contribution in [3.05, 3.63) is 40.8 Å². The van der Waals surface area contributed by atoms with E-state index in [1.54, 1.807) is 0 Å². The van der Waals surface area contributed by atoms with E-state index in [-0.39, 0.29) is 6.61 Å². The molecule has 0 amide bonds. The fourth-order valence-electron chi connectivity index (χ4n) is 1.06. The van der Waals surface area contributed by atoms with Gasteiger partial charge < -0.3 is 9.94 Å². The van der Waals surface area contributed by atoms with E-state index >= 15 is 0 Å². The van der Waals surface area contributed by atoms with Crippen LogP contribution in [0.4, 0.5) is 0 Å². The van der Waals surface area contributed by atoms with Gasteiger partial charge in [-0.25, -0.2) is 0 Å². The zero-order valence-corrected chi connectivity index (χ0v) is 7.09. The summed E-state index contributed by atoms with van der Waals surface area (Å²) in [5.41, 5.74) is 1.00. The van der Waals surface area contributed by atoms with Gasteiger partial charge >= 0.3 is 0 Å². The molecule has 1 N–H and O–H groups in total. The zero-order valence-electron chi connectivity index (χ0n) is 7.09. The highest BCUT2D eigenvalue weighted by molar-refractivity contribution is 5.15. The summed E-state index contributed by atoms with van der Waals surface area (Å²) in [5, 5.41) is 11.5. The third-order valence-electron chi connectivity index (χ3n) is 1.63. The first-order chi connectivity index (χ1) is 6.33. The highest BCUT2D eigenvalue weighted by atomic mass is 16.7. The molecule has 4 nitrogen and oxygen atoms in total. The summed E-state index contributed by atoms with van der Waals surface area (Å²) in [5.74, 6) is 0. The maximum Gasteiger partial charge on any atom is 0.155 e. The van der Waals surface area contributed by atoms with E-state index in [2.05, 4.69) is 10.2 Å². The summed E-state index contributed by atoms with van der Waals surface area (Å²) in [7, 11) is 0. The lowest BCUT2D eigenvalue weighted by Gasteiger charge is -2.07. The third-order valence-corrected chi connectivity index (χ3v) is 1.63. The largest absolute Gasteiger partial charge is 0.389 e. The molecule has 0 bridgehead atoms. The molecular formula is C9H11NO3. The zero-order chi connectivity index (χ0) is 9.52. The highest BCUT2D eigenvalue weighted by Gasteiger charge is 2.05. The fraction of sp³-hybridized carbons (Fsp3) is 0.333. The maximum absolute atomic E-state index is 9.58. The Kier molecular flexibility index (Phi) is 3.92. The van der Waals surface area contributed by atoms with Crippen LogP contribution >= 0.6 is 0 Å². The van der Waals surface area contributed by atoms with Crippen LogP contribution in [0.2, 0.25) is 0 Å². The number of benzene rings is 1. The minimum atomic E-state index is -0.680. The van der Waals surface area contributed by atoms with Crippen LogP contribution in [0.1, 0.15) is 5.56 Å². The van der Waals surface area contributed by atoms with E-state index in [4.69, 9.17) is 0 Å². The first kappa shape index (κ1) is 9.67. The number of hydrogen-bond acceptors (Lipinski definition) is 4. The molecule has 1 atom stereocenters. The molecule has 1 rings (SSSR count). The Morgan fingerprint density at radius 1 is 1.38 bits per heavy atom. The van der Waals surface area contributed by atoms with E-state index in [1.807, 2.05) is 30.3 Å². The number of nitrogens with zero attached hydrogens (tertiary/aromatic N) is 1. The van der Waals surface area contributed by atoms with E-state index < -0.39 is 6.10 Å². The van der Waals surface area contributed by atoms with Gasteiger partial charge in [-0.3, -0.25) is 0 Å². The van der Waals surface area contributed by atoms with Crippen LogP contribution < -0.4 is 0 Å². The molecule has 0 heterocycles. The van der Waals surface area contributed by atoms with Crippen molar-refractivity contribution in [2.75, 3.05) is 6.61 Å². The van der Waals surface area contributed by atoms with Gasteiger partial charge in [-0.1, -0.05) is 30.3 Å². The Labute approximate surface area is 76.1 Å². The first-order valence-electron chi connectivity index (χ1n) is 3.99. The highest BCUT2D eigenvalue weighted by Crippen LogP contribution is 2.03. The molecule has 0 radical (unpaired) electrons. The lowest BCUT2D eigenvalue weighted by molar-refractivity contribution is 0.0381. The summed E-state index contributed by atoms with van der Waals surface area (Å²) in [6.07, 6.45) is -0.212. The molecule has 0 saturated carbocycles. The van der Waals surface area contributed by atoms with Crippen molar-refractivity contribution in [2.24, 2.45) is 5.34 Å². The van der Waals surface area contributed by atoms with Crippen LogP contribution in [0.5, 0.6) is 0 Å². The van der Waals surface area contributed by atoms with Crippen molar-refractivity contribution in [1.82, 2.24) is 0 Å². The molecule has 0 fully saturated rings. The Bertz CT molecular complexity index is 250. The van der Waals surface area contributed by atoms with Crippen LogP contribution in [0, 0.1) is 4.91 Å². The number of aliphatic hydroxyl groups is 1. The number of hydrogen-bond donors (Lipinski definition) is 1. The molecular weight excluding hydrogens is 170 g/mol. The number of rotatable bonds is 5. The summed E-state index contributed by atoms with van der Waals surface area (Å²) in [4.78, 5) is 13.8. The predicted octanol–water partition coefficient (Wildman–Crippen LogP) is 1.29. The van der Waals surface area contributed by atoms with Gasteiger partial charge in [0.25, 0.3) is 0 Å². The molecule has 70 valence electrons. The second-order valence-corrected chi connectivity index (χ2v) is 2.71. The number of aliphatic hydroxyl groups excluding tert-OH is 1. The van der Waals surface area contributed by atoms with Gasteiger partial charge in [0.15, 0.2) is 5.34 Å². The third kappa shape index (κ3) is 3.66. The van der Waals surface area contributed by atoms with Crippen molar-refractivity contribution < 1.29 is 9.94 Å². The minimum Gasteiger partial charge on any atom is -0.389 e. The van der Waals surface area contributed by atoms with Gasteiger partial charge in [0.2, 0.25) is 0 Å². The molecule has 1 aromatic carbocycles. The van der Waals surface area contributed by atoms with Crippen LogP contribution in [-0.4, -0.2) is 17.8 Å². The SMILES string of the molecule is O=NOCC(O)Cc1ccccc1. The molecule has 0 aliphatic rings. The van der Waals surface area contributed by atoms with Gasteiger partial charge in [-0.15, -0.1) is 4.91 Å². The quantitative estimate of drug-likeness (QED) is 0.550. The summed E-state index contributed by atoms with van der Waals surface area (Å²) >= 11 is 0. The molecule has 0 spiro atoms. The van der Waals surface area contributed by atoms with Crippen LogP contribution in [0.15, 0.2) is 35.7 Å². The lowest BCUT2D eigenvalue weighted by Crippen LogP contribution is -2.16. The average molecular weight is 181 g/mol. The first-order valence-corrected chi connectivity index (χ1v) is 3.99. The van der Waals surface area contributed by atoms with Crippen molar-refractivity contribution in [1.29, 1.82) is 0 Å². The van der Waals surface area contributed by atoms with Gasteiger partial charge in [0, 0.05) is 6.42 Å². The van der Waals surface area contributed by atoms with Crippen molar-refractivity contribution in [3.8, 4) is 0 Å². The Hall–Kier alpha value is -1.42. The second-order valence-electron chi connectivity index (χ2n) is 2.71. The van der Waals surface area contributed by atoms with Gasteiger partial charge in [0.05, 0.1) is 6.10 Å². The fourth-order valence-corrected chi connectivity index (χ4v) is 1.06. The van der Waals surface area contributed by atoms with E-state index in [0.717, 1.165) is 5.56 Å². The van der Waals surface area contributed by atoms with Gasteiger partial charge in [-0.05, 0) is 5.56 Å². The van der Waals surface area contributed by atoms with Crippen LogP contribution in [-0.2, 0) is 11.3 Å². The topological polar surface area (TPSA) is 58.9 Å². The minimum absolute atomic E-state index is 0.0571. The Morgan fingerprint density at radius 3 is 2.69 bits per heavy atom. The van der Waals surface area contributed by atoms with Crippen LogP contribution in [0.3, 0.4) is 0 Å². The standard InChI is InChI=1S/C9H11NO3/c11-9(7-13-10-12)6-8-4-2-1-3-5-8/h1-5,9,11H,6-7H2. The maximum atomic E-state index is 9.58. The molecule has 0 aliphatic carbocycles. The van der Waals surface area contributed by atoms with Gasteiger partial charge in [0.1, 0.15) is 6.61 Å². The predicted molar refractivity (Wildman–Crippen MR) is 47.9 cm³/mol. The monoisotopic (exact) mass is 181 g/mol. The van der Waals surface area contributed by atoms with E-state index in [9.17, 15) is 10.0 Å². The summed E-state index contributed by atoms with van der Waals surface area (Å²) < 4.78 is 0. The molecule has 0 saturated heterocycles. The lowest BCUT2D eigenvalue weighted by atomic mass is 10.1. The molecule has 4 heteroatoms. The van der Waals surface area contributed by atoms with E-state index in [0.29, 0.717) is 6.42 Å². The molecule has 1 aromatic rings. The smallest absolute Gasteiger partial charge is 0.155 e. The second kappa shape index (κ2) is 5.27. The van der Waals surface area contributed by atoms with Crippen molar-refractivity contribution in [2.45, 2.75) is 12.5 Å². The average Bonchev–Trinajstić information content (AvgIpc) is 2.16. The van der Waals surface area contributed by atoms with Crippen molar-refractivity contribution >= 4 is 0 Å². The van der Waals surface area contributed by atoms with Gasteiger partial charge in [-0.2, -0.15) is 0 Å². The summed E-state index contributed by atoms with van der Waals surface area (Å²) in [6.45, 7) is -0.0571. The van der Waals surface area contributed by atoms with Crippen molar-refractivity contribution in [3.63, 3.8) is 0 Å². The molecule has 0 aromatic heterocycles. The Balaban J connectivity index is 2.36. The van der Waals surface area contributed by atoms with Crippen LogP contribution in [0.25, 0.3) is 0 Å². The Morgan fingerprint density at radius 2 is 2.08 bits per heavy atom. The summed E-state index contributed by atoms with van der Waals surface area (Å²) in [6, 6.07) is 9.48. The normalized spacial score (nSPS) is 12.1. The van der Waals surface area contributed by atoms with E-state index in [1.165, 1.54) is 0 Å². The molecule has 13 heavy (non-hydrogen) atoms. The molecule has 1 unspecified atom stereocenters.